The summed E-state index contributed by atoms with van der Waals surface area (Å²) in [5.41, 5.74) is 1.01. The molecule has 2 unspecified atom stereocenters. The van der Waals surface area contributed by atoms with Gasteiger partial charge in [-0.2, -0.15) is 0 Å². The SMILES string of the molecule is CN(C(=O)CN1CC(O)CC1C(=O)O)C1=CCCC1. The fourth-order valence-corrected chi connectivity index (χ4v) is 2.71. The number of amides is 1. The maximum Gasteiger partial charge on any atom is 0.321 e. The number of rotatable bonds is 4. The number of aliphatic hydroxyl groups excluding tert-OH is 1. The fourth-order valence-electron chi connectivity index (χ4n) is 2.71. The molecule has 1 fully saturated rings. The van der Waals surface area contributed by atoms with Crippen LogP contribution in [0.4, 0.5) is 0 Å². The highest BCUT2D eigenvalue weighted by Crippen LogP contribution is 2.22. The summed E-state index contributed by atoms with van der Waals surface area (Å²) < 4.78 is 0. The topological polar surface area (TPSA) is 81.1 Å². The first kappa shape index (κ1) is 14.0. The Morgan fingerprint density at radius 2 is 2.26 bits per heavy atom. The van der Waals surface area contributed by atoms with Gasteiger partial charge >= 0.3 is 5.97 Å². The Balaban J connectivity index is 1.96. The molecule has 0 aromatic heterocycles. The Labute approximate surface area is 112 Å². The van der Waals surface area contributed by atoms with E-state index >= 15 is 0 Å². The van der Waals surface area contributed by atoms with E-state index in [0.717, 1.165) is 25.0 Å². The van der Waals surface area contributed by atoms with Gasteiger partial charge in [-0.05, 0) is 19.3 Å². The Hall–Kier alpha value is -1.40. The van der Waals surface area contributed by atoms with Crippen LogP contribution in [0, 0.1) is 0 Å². The van der Waals surface area contributed by atoms with Crippen molar-refractivity contribution in [3.05, 3.63) is 11.8 Å². The van der Waals surface area contributed by atoms with E-state index in [2.05, 4.69) is 0 Å². The van der Waals surface area contributed by atoms with Crippen molar-refractivity contribution >= 4 is 11.9 Å². The van der Waals surface area contributed by atoms with Gasteiger partial charge in [0.25, 0.3) is 0 Å². The maximum absolute atomic E-state index is 12.1. The van der Waals surface area contributed by atoms with Crippen LogP contribution in [-0.2, 0) is 9.59 Å². The minimum Gasteiger partial charge on any atom is -0.480 e. The average molecular weight is 268 g/mol. The normalized spacial score (nSPS) is 27.4. The number of aliphatic carboxylic acids is 1. The van der Waals surface area contributed by atoms with Crippen LogP contribution in [-0.4, -0.2) is 64.2 Å². The molecule has 19 heavy (non-hydrogen) atoms. The highest BCUT2D eigenvalue weighted by molar-refractivity contribution is 5.81. The lowest BCUT2D eigenvalue weighted by atomic mass is 10.2. The summed E-state index contributed by atoms with van der Waals surface area (Å²) in [5.74, 6) is -1.10. The second-order valence-electron chi connectivity index (χ2n) is 5.21. The molecule has 2 rings (SSSR count). The first-order valence-electron chi connectivity index (χ1n) is 6.59. The number of carbonyl (C=O) groups excluding carboxylic acids is 1. The van der Waals surface area contributed by atoms with E-state index in [0.29, 0.717) is 0 Å². The minimum atomic E-state index is -0.980. The molecule has 0 aromatic rings. The van der Waals surface area contributed by atoms with E-state index in [-0.39, 0.29) is 25.4 Å². The molecule has 0 saturated carbocycles. The molecule has 2 N–H and O–H groups in total. The van der Waals surface area contributed by atoms with Crippen LogP contribution in [0.1, 0.15) is 25.7 Å². The van der Waals surface area contributed by atoms with Crippen molar-refractivity contribution in [2.24, 2.45) is 0 Å². The van der Waals surface area contributed by atoms with E-state index in [1.165, 1.54) is 0 Å². The molecule has 1 aliphatic carbocycles. The third kappa shape index (κ3) is 3.13. The number of likely N-dealkylation sites (tertiary alicyclic amines) is 1. The summed E-state index contributed by atoms with van der Waals surface area (Å²) in [5, 5.41) is 18.6. The molecule has 0 spiro atoms. The van der Waals surface area contributed by atoms with Crippen molar-refractivity contribution < 1.29 is 19.8 Å². The van der Waals surface area contributed by atoms with E-state index in [1.807, 2.05) is 6.08 Å². The summed E-state index contributed by atoms with van der Waals surface area (Å²) in [6.07, 6.45) is 4.53. The van der Waals surface area contributed by atoms with Crippen LogP contribution >= 0.6 is 0 Å². The summed E-state index contributed by atoms with van der Waals surface area (Å²) in [6.45, 7) is 0.289. The predicted molar refractivity (Wildman–Crippen MR) is 68.3 cm³/mol. The molecule has 1 heterocycles. The molecule has 0 radical (unpaired) electrons. The molecule has 6 nitrogen and oxygen atoms in total. The minimum absolute atomic E-state index is 0.0435. The van der Waals surface area contributed by atoms with Gasteiger partial charge in [0.2, 0.25) is 5.91 Å². The number of hydrogen-bond donors (Lipinski definition) is 2. The van der Waals surface area contributed by atoms with Crippen molar-refractivity contribution in [1.29, 1.82) is 0 Å². The van der Waals surface area contributed by atoms with Crippen LogP contribution in [0.3, 0.4) is 0 Å². The quantitative estimate of drug-likeness (QED) is 0.752. The van der Waals surface area contributed by atoms with E-state index < -0.39 is 18.1 Å². The lowest BCUT2D eigenvalue weighted by molar-refractivity contribution is -0.143. The second-order valence-corrected chi connectivity index (χ2v) is 5.21. The summed E-state index contributed by atoms with van der Waals surface area (Å²) in [7, 11) is 1.72. The summed E-state index contributed by atoms with van der Waals surface area (Å²) in [4.78, 5) is 26.4. The molecule has 6 heteroatoms. The molecule has 2 atom stereocenters. The van der Waals surface area contributed by atoms with E-state index in [9.17, 15) is 14.7 Å². The van der Waals surface area contributed by atoms with Crippen molar-refractivity contribution in [3.63, 3.8) is 0 Å². The number of nitrogens with zero attached hydrogens (tertiary/aromatic N) is 2. The number of allylic oxidation sites excluding steroid dienone is 2. The number of carboxylic acid groups (broad SMARTS) is 1. The first-order chi connectivity index (χ1) is 8.99. The Morgan fingerprint density at radius 1 is 1.53 bits per heavy atom. The molecule has 1 saturated heterocycles. The second kappa shape index (κ2) is 5.71. The molecule has 106 valence electrons. The van der Waals surface area contributed by atoms with Crippen LogP contribution < -0.4 is 0 Å². The molecular weight excluding hydrogens is 248 g/mol. The number of carbonyl (C=O) groups is 2. The average Bonchev–Trinajstić information content (AvgIpc) is 2.97. The standard InChI is InChI=1S/C13H20N2O4/c1-14(9-4-2-3-5-9)12(17)8-15-7-10(16)6-11(15)13(18)19/h4,10-11,16H,2-3,5-8H2,1H3,(H,18,19). The highest BCUT2D eigenvalue weighted by atomic mass is 16.4. The maximum atomic E-state index is 12.1. The van der Waals surface area contributed by atoms with Gasteiger partial charge in [-0.1, -0.05) is 6.08 Å². The van der Waals surface area contributed by atoms with Crippen LogP contribution in [0.15, 0.2) is 11.8 Å². The third-order valence-corrected chi connectivity index (χ3v) is 3.83. The van der Waals surface area contributed by atoms with Crippen molar-refractivity contribution in [2.75, 3.05) is 20.1 Å². The van der Waals surface area contributed by atoms with Gasteiger partial charge in [0.05, 0.1) is 12.6 Å². The van der Waals surface area contributed by atoms with Crippen LogP contribution in [0.5, 0.6) is 0 Å². The van der Waals surface area contributed by atoms with E-state index in [4.69, 9.17) is 5.11 Å². The van der Waals surface area contributed by atoms with Crippen LogP contribution in [0.2, 0.25) is 0 Å². The van der Waals surface area contributed by atoms with E-state index in [1.54, 1.807) is 16.8 Å². The first-order valence-corrected chi connectivity index (χ1v) is 6.59. The molecule has 0 aromatic carbocycles. The van der Waals surface area contributed by atoms with Crippen molar-refractivity contribution in [2.45, 2.75) is 37.8 Å². The lowest BCUT2D eigenvalue weighted by Crippen LogP contribution is -2.43. The number of aliphatic hydroxyl groups is 1. The predicted octanol–water partition coefficient (Wildman–Crippen LogP) is 0.0324. The molecule has 0 bridgehead atoms. The largest absolute Gasteiger partial charge is 0.480 e. The molecule has 2 aliphatic rings. The Bertz CT molecular complexity index is 407. The lowest BCUT2D eigenvalue weighted by Gasteiger charge is -2.24. The third-order valence-electron chi connectivity index (χ3n) is 3.83. The zero-order valence-electron chi connectivity index (χ0n) is 11.1. The fraction of sp³-hybridized carbons (Fsp3) is 0.692. The van der Waals surface area contributed by atoms with Gasteiger partial charge in [-0.15, -0.1) is 0 Å². The number of hydrogen-bond acceptors (Lipinski definition) is 4. The molecular formula is C13H20N2O4. The smallest absolute Gasteiger partial charge is 0.321 e. The Kier molecular flexibility index (Phi) is 4.21. The Morgan fingerprint density at radius 3 is 2.84 bits per heavy atom. The monoisotopic (exact) mass is 268 g/mol. The summed E-state index contributed by atoms with van der Waals surface area (Å²) in [6, 6.07) is -0.759. The van der Waals surface area contributed by atoms with Crippen LogP contribution in [0.25, 0.3) is 0 Å². The molecule has 1 amide bonds. The molecule has 1 aliphatic heterocycles. The van der Waals surface area contributed by atoms with Gasteiger partial charge in [-0.3, -0.25) is 14.5 Å². The number of β-amino-alcohol motifs (C(OH)–C–C–N with tert-alkyl or cyclic N) is 1. The highest BCUT2D eigenvalue weighted by Gasteiger charge is 2.37. The zero-order chi connectivity index (χ0) is 14.0. The number of carboxylic acids is 1. The van der Waals surface area contributed by atoms with Gasteiger partial charge in [0.15, 0.2) is 0 Å². The van der Waals surface area contributed by atoms with Gasteiger partial charge in [0.1, 0.15) is 6.04 Å². The summed E-state index contributed by atoms with van der Waals surface area (Å²) >= 11 is 0. The van der Waals surface area contributed by atoms with Crippen molar-refractivity contribution in [3.8, 4) is 0 Å². The van der Waals surface area contributed by atoms with Gasteiger partial charge < -0.3 is 15.1 Å². The number of likely N-dealkylation sites (N-methyl/N-ethyl adjacent to an activating group) is 1. The van der Waals surface area contributed by atoms with Gasteiger partial charge in [-0.25, -0.2) is 0 Å². The zero-order valence-corrected chi connectivity index (χ0v) is 11.1. The van der Waals surface area contributed by atoms with Gasteiger partial charge in [0, 0.05) is 25.7 Å². The van der Waals surface area contributed by atoms with Crippen molar-refractivity contribution in [1.82, 2.24) is 9.80 Å².